The van der Waals surface area contributed by atoms with Crippen molar-refractivity contribution in [1.29, 1.82) is 0 Å². The van der Waals surface area contributed by atoms with Gasteiger partial charge in [-0.3, -0.25) is 9.59 Å². The van der Waals surface area contributed by atoms with Gasteiger partial charge in [-0.25, -0.2) is 9.18 Å². The second-order valence-corrected chi connectivity index (χ2v) is 5.00. The first kappa shape index (κ1) is 17.7. The fraction of sp³-hybridized carbons (Fsp3) is 0.353. The van der Waals surface area contributed by atoms with Crippen LogP contribution in [0.25, 0.3) is 11.0 Å². The molecule has 1 heterocycles. The third kappa shape index (κ3) is 3.98. The van der Waals surface area contributed by atoms with Gasteiger partial charge in [0.05, 0.1) is 13.2 Å². The normalized spacial score (nSPS) is 10.8. The molecule has 0 atom stereocenters. The predicted octanol–water partition coefficient (Wildman–Crippen LogP) is 2.22. The maximum absolute atomic E-state index is 13.3. The summed E-state index contributed by atoms with van der Waals surface area (Å²) in [5.41, 5.74) is -0.416. The van der Waals surface area contributed by atoms with Crippen LogP contribution >= 0.6 is 0 Å². The summed E-state index contributed by atoms with van der Waals surface area (Å²) >= 11 is 0. The summed E-state index contributed by atoms with van der Waals surface area (Å²) < 4.78 is 28.1. The second kappa shape index (κ2) is 7.72. The van der Waals surface area contributed by atoms with E-state index >= 15 is 0 Å². The molecule has 2 rings (SSSR count). The number of hydrogen-bond donors (Lipinski definition) is 0. The van der Waals surface area contributed by atoms with Crippen LogP contribution in [-0.2, 0) is 25.5 Å². The van der Waals surface area contributed by atoms with E-state index in [0.717, 1.165) is 0 Å². The van der Waals surface area contributed by atoms with Gasteiger partial charge in [-0.05, 0) is 38.1 Å². The summed E-state index contributed by atoms with van der Waals surface area (Å²) in [5.74, 6) is -3.34. The molecule has 0 unspecified atom stereocenters. The van der Waals surface area contributed by atoms with Crippen molar-refractivity contribution >= 4 is 22.9 Å². The highest BCUT2D eigenvalue weighted by Gasteiger charge is 2.31. The Bertz CT molecular complexity index is 792. The Balaban J connectivity index is 2.38. The quantitative estimate of drug-likeness (QED) is 0.457. The van der Waals surface area contributed by atoms with Gasteiger partial charge in [-0.15, -0.1) is 0 Å². The molecule has 0 fully saturated rings. The SMILES string of the molecule is CCOC(=O)C(Cc1cc2cc(F)ccc2oc1=O)C(=O)OCC. The minimum absolute atomic E-state index is 0.0687. The predicted molar refractivity (Wildman–Crippen MR) is 82.9 cm³/mol. The molecule has 0 aliphatic heterocycles. The second-order valence-electron chi connectivity index (χ2n) is 5.00. The average molecular weight is 336 g/mol. The molecule has 0 saturated carbocycles. The minimum Gasteiger partial charge on any atom is -0.465 e. The monoisotopic (exact) mass is 336 g/mol. The van der Waals surface area contributed by atoms with Gasteiger partial charge in [-0.2, -0.15) is 0 Å². The van der Waals surface area contributed by atoms with Crippen LogP contribution in [0.4, 0.5) is 4.39 Å². The van der Waals surface area contributed by atoms with Crippen molar-refractivity contribution in [3.63, 3.8) is 0 Å². The van der Waals surface area contributed by atoms with Gasteiger partial charge in [0.15, 0.2) is 5.92 Å². The maximum atomic E-state index is 13.3. The first-order chi connectivity index (χ1) is 11.5. The Morgan fingerprint density at radius 2 is 1.75 bits per heavy atom. The lowest BCUT2D eigenvalue weighted by Gasteiger charge is -2.14. The zero-order chi connectivity index (χ0) is 17.7. The van der Waals surface area contributed by atoms with E-state index in [1.54, 1.807) is 13.8 Å². The Labute approximate surface area is 137 Å². The largest absolute Gasteiger partial charge is 0.465 e. The lowest BCUT2D eigenvalue weighted by Crippen LogP contribution is -2.31. The van der Waals surface area contributed by atoms with Crippen molar-refractivity contribution in [3.8, 4) is 0 Å². The lowest BCUT2D eigenvalue weighted by atomic mass is 10.00. The lowest BCUT2D eigenvalue weighted by molar-refractivity contribution is -0.161. The summed E-state index contributed by atoms with van der Waals surface area (Å²) in [5, 5.41) is 0.357. The highest BCUT2D eigenvalue weighted by atomic mass is 19.1. The molecule has 0 saturated heterocycles. The van der Waals surface area contributed by atoms with Gasteiger partial charge >= 0.3 is 17.6 Å². The molecule has 1 aromatic heterocycles. The van der Waals surface area contributed by atoms with Crippen molar-refractivity contribution < 1.29 is 27.9 Å². The molecule has 24 heavy (non-hydrogen) atoms. The van der Waals surface area contributed by atoms with Crippen LogP contribution in [0.5, 0.6) is 0 Å². The number of esters is 2. The number of fused-ring (bicyclic) bond motifs is 1. The Kier molecular flexibility index (Phi) is 5.68. The highest BCUT2D eigenvalue weighted by Crippen LogP contribution is 2.18. The summed E-state index contributed by atoms with van der Waals surface area (Å²) in [6, 6.07) is 5.11. The van der Waals surface area contributed by atoms with E-state index in [0.29, 0.717) is 5.39 Å². The molecule has 0 radical (unpaired) electrons. The fourth-order valence-corrected chi connectivity index (χ4v) is 2.25. The Morgan fingerprint density at radius 3 is 2.33 bits per heavy atom. The van der Waals surface area contributed by atoms with Crippen molar-refractivity contribution in [2.45, 2.75) is 20.3 Å². The Morgan fingerprint density at radius 1 is 1.12 bits per heavy atom. The molecule has 2 aromatic rings. The van der Waals surface area contributed by atoms with Crippen molar-refractivity contribution in [3.05, 3.63) is 46.1 Å². The van der Waals surface area contributed by atoms with Crippen molar-refractivity contribution in [2.75, 3.05) is 13.2 Å². The van der Waals surface area contributed by atoms with Crippen LogP contribution in [0.15, 0.2) is 33.5 Å². The van der Waals surface area contributed by atoms with E-state index in [4.69, 9.17) is 13.9 Å². The summed E-state index contributed by atoms with van der Waals surface area (Å²) in [6.45, 7) is 3.39. The first-order valence-corrected chi connectivity index (χ1v) is 7.51. The topological polar surface area (TPSA) is 82.8 Å². The first-order valence-electron chi connectivity index (χ1n) is 7.51. The standard InChI is InChI=1S/C17H17FO6/c1-3-22-16(20)13(17(21)23-4-2)9-11-7-10-8-12(18)5-6-14(10)24-15(11)19/h5-8,13H,3-4,9H2,1-2H3. The molecular formula is C17H17FO6. The van der Waals surface area contributed by atoms with E-state index in [-0.39, 0.29) is 30.8 Å². The van der Waals surface area contributed by atoms with Gasteiger partial charge in [-0.1, -0.05) is 0 Å². The smallest absolute Gasteiger partial charge is 0.339 e. The third-order valence-electron chi connectivity index (χ3n) is 3.33. The zero-order valence-electron chi connectivity index (χ0n) is 13.3. The molecule has 0 amide bonds. The van der Waals surface area contributed by atoms with Crippen LogP contribution in [0.2, 0.25) is 0 Å². The third-order valence-corrected chi connectivity index (χ3v) is 3.33. The molecule has 0 aliphatic rings. The van der Waals surface area contributed by atoms with E-state index < -0.39 is 29.3 Å². The molecule has 0 N–H and O–H groups in total. The minimum atomic E-state index is -1.28. The van der Waals surface area contributed by atoms with Gasteiger partial charge < -0.3 is 13.9 Å². The number of carbonyl (C=O) groups excluding carboxylic acids is 2. The molecule has 0 aliphatic carbocycles. The Hall–Kier alpha value is -2.70. The van der Waals surface area contributed by atoms with Crippen LogP contribution in [0.3, 0.4) is 0 Å². The van der Waals surface area contributed by atoms with Crippen molar-refractivity contribution in [2.24, 2.45) is 5.92 Å². The molecule has 7 heteroatoms. The number of rotatable bonds is 6. The number of hydrogen-bond acceptors (Lipinski definition) is 6. The summed E-state index contributed by atoms with van der Waals surface area (Å²) in [7, 11) is 0. The average Bonchev–Trinajstić information content (AvgIpc) is 2.53. The van der Waals surface area contributed by atoms with Crippen LogP contribution in [0.1, 0.15) is 19.4 Å². The zero-order valence-corrected chi connectivity index (χ0v) is 13.3. The highest BCUT2D eigenvalue weighted by molar-refractivity contribution is 5.95. The number of halogens is 1. The number of carbonyl (C=O) groups is 2. The van der Waals surface area contributed by atoms with E-state index in [2.05, 4.69) is 0 Å². The van der Waals surface area contributed by atoms with Gasteiger partial charge in [0.1, 0.15) is 11.4 Å². The number of benzene rings is 1. The maximum Gasteiger partial charge on any atom is 0.339 e. The molecule has 128 valence electrons. The molecule has 1 aromatic carbocycles. The van der Waals surface area contributed by atoms with E-state index in [1.807, 2.05) is 0 Å². The van der Waals surface area contributed by atoms with Crippen LogP contribution < -0.4 is 5.63 Å². The molecule has 0 spiro atoms. The molecular weight excluding hydrogens is 319 g/mol. The molecule has 6 nitrogen and oxygen atoms in total. The van der Waals surface area contributed by atoms with Crippen molar-refractivity contribution in [1.82, 2.24) is 0 Å². The summed E-state index contributed by atoms with van der Waals surface area (Å²) in [6.07, 6.45) is -0.244. The summed E-state index contributed by atoms with van der Waals surface area (Å²) in [4.78, 5) is 36.0. The van der Waals surface area contributed by atoms with Crippen LogP contribution in [-0.4, -0.2) is 25.2 Å². The van der Waals surface area contributed by atoms with Gasteiger partial charge in [0.2, 0.25) is 0 Å². The van der Waals surface area contributed by atoms with Crippen LogP contribution in [0, 0.1) is 11.7 Å². The van der Waals surface area contributed by atoms with E-state index in [1.165, 1.54) is 24.3 Å². The van der Waals surface area contributed by atoms with Gasteiger partial charge in [0, 0.05) is 17.4 Å². The number of ether oxygens (including phenoxy) is 2. The van der Waals surface area contributed by atoms with Gasteiger partial charge in [0.25, 0.3) is 0 Å². The molecule has 0 bridgehead atoms. The van der Waals surface area contributed by atoms with E-state index in [9.17, 15) is 18.8 Å². The fourth-order valence-electron chi connectivity index (χ4n) is 2.25.